The molecule has 36 heavy (non-hydrogen) atoms. The molecule has 0 spiro atoms. The number of benzene rings is 5. The topological polar surface area (TPSA) is 9.23 Å². The van der Waals surface area contributed by atoms with E-state index >= 15 is 0 Å². The number of terminal acetylenes is 2. The van der Waals surface area contributed by atoms with Gasteiger partial charge in [0.05, 0.1) is 7.11 Å². The zero-order chi connectivity index (χ0) is 24.9. The molecule has 0 saturated heterocycles. The van der Waals surface area contributed by atoms with Gasteiger partial charge in [0.25, 0.3) is 0 Å². The van der Waals surface area contributed by atoms with Gasteiger partial charge >= 0.3 is 0 Å². The molecule has 5 aromatic rings. The summed E-state index contributed by atoms with van der Waals surface area (Å²) >= 11 is 0. The van der Waals surface area contributed by atoms with Gasteiger partial charge in [-0.05, 0) is 63.4 Å². The molecule has 168 valence electrons. The largest absolute Gasteiger partial charge is 0.497 e. The van der Waals surface area contributed by atoms with Gasteiger partial charge in [-0.15, -0.1) is 12.8 Å². The lowest BCUT2D eigenvalue weighted by Gasteiger charge is -2.12. The van der Waals surface area contributed by atoms with Crippen LogP contribution in [0.25, 0.3) is 33.0 Å². The van der Waals surface area contributed by atoms with E-state index in [1.807, 2.05) is 78.9 Å². The molecule has 0 aliphatic carbocycles. The third-order valence-corrected chi connectivity index (χ3v) is 6.22. The van der Waals surface area contributed by atoms with Gasteiger partial charge in [0.1, 0.15) is 5.75 Å². The Kier molecular flexibility index (Phi) is 6.28. The zero-order valence-electron chi connectivity index (χ0n) is 19.9. The Morgan fingerprint density at radius 1 is 0.556 bits per heavy atom. The second kappa shape index (κ2) is 9.99. The fourth-order valence-electron chi connectivity index (χ4n) is 4.44. The molecule has 0 fully saturated rings. The lowest BCUT2D eigenvalue weighted by atomic mass is 9.91. The molecule has 0 aromatic heterocycles. The predicted octanol–water partition coefficient (Wildman–Crippen LogP) is 7.54. The molecule has 0 unspecified atom stereocenters. The highest BCUT2D eigenvalue weighted by Gasteiger charge is 2.12. The lowest BCUT2D eigenvalue weighted by Crippen LogP contribution is -1.92. The average molecular weight is 459 g/mol. The number of methoxy groups -OCH3 is 1. The van der Waals surface area contributed by atoms with Gasteiger partial charge in [-0.1, -0.05) is 96.5 Å². The van der Waals surface area contributed by atoms with Gasteiger partial charge in [0, 0.05) is 22.3 Å². The highest BCUT2D eigenvalue weighted by atomic mass is 16.5. The Morgan fingerprint density at radius 2 is 1.14 bits per heavy atom. The number of rotatable bonds is 3. The molecule has 0 heterocycles. The van der Waals surface area contributed by atoms with Crippen molar-refractivity contribution >= 4 is 10.8 Å². The minimum Gasteiger partial charge on any atom is -0.497 e. The molecular weight excluding hydrogens is 436 g/mol. The van der Waals surface area contributed by atoms with Gasteiger partial charge < -0.3 is 4.74 Å². The van der Waals surface area contributed by atoms with Gasteiger partial charge in [-0.25, -0.2) is 0 Å². The van der Waals surface area contributed by atoms with Crippen LogP contribution in [0.4, 0.5) is 0 Å². The standard InChI is InChI=1S/C35H22O/c1-4-25-12-6-9-15-30(25)33-23-20-29(36-3)24-28(33)19-22-35-32-17-11-8-14-27(32)18-21-34(35)31-16-10-7-13-26(31)5-2/h1-2,6-18,20-21,23-24H,3H3. The van der Waals surface area contributed by atoms with E-state index in [2.05, 4.69) is 47.9 Å². The SMILES string of the molecule is C#Cc1ccccc1-c1ccc(OC)cc1C#Cc1c(-c2ccccc2C#C)ccc2ccccc12. The van der Waals surface area contributed by atoms with Crippen LogP contribution in [0.1, 0.15) is 22.3 Å². The highest BCUT2D eigenvalue weighted by molar-refractivity contribution is 5.96. The number of hydrogen-bond acceptors (Lipinski definition) is 1. The molecule has 0 bridgehead atoms. The van der Waals surface area contributed by atoms with E-state index in [0.29, 0.717) is 0 Å². The van der Waals surface area contributed by atoms with Crippen LogP contribution in [0.2, 0.25) is 0 Å². The van der Waals surface area contributed by atoms with E-state index in [0.717, 1.165) is 61.0 Å². The summed E-state index contributed by atoms with van der Waals surface area (Å²) in [5.74, 6) is 13.3. The summed E-state index contributed by atoms with van der Waals surface area (Å²) in [5.41, 5.74) is 7.32. The van der Waals surface area contributed by atoms with Crippen molar-refractivity contribution in [3.63, 3.8) is 0 Å². The van der Waals surface area contributed by atoms with Crippen molar-refractivity contribution in [3.05, 3.63) is 125 Å². The third kappa shape index (κ3) is 4.21. The third-order valence-electron chi connectivity index (χ3n) is 6.22. The lowest BCUT2D eigenvalue weighted by molar-refractivity contribution is 0.415. The van der Waals surface area contributed by atoms with E-state index in [1.165, 1.54) is 0 Å². The summed E-state index contributed by atoms with van der Waals surface area (Å²) in [4.78, 5) is 0. The van der Waals surface area contributed by atoms with E-state index < -0.39 is 0 Å². The van der Waals surface area contributed by atoms with Crippen molar-refractivity contribution in [1.29, 1.82) is 0 Å². The Labute approximate surface area is 212 Å². The summed E-state index contributed by atoms with van der Waals surface area (Å²) in [7, 11) is 1.65. The Balaban J connectivity index is 1.78. The van der Waals surface area contributed by atoms with Crippen LogP contribution < -0.4 is 4.74 Å². The summed E-state index contributed by atoms with van der Waals surface area (Å²) in [5, 5.41) is 2.19. The number of hydrogen-bond donors (Lipinski definition) is 0. The van der Waals surface area contributed by atoms with Crippen LogP contribution in [0.3, 0.4) is 0 Å². The van der Waals surface area contributed by atoms with Crippen LogP contribution >= 0.6 is 0 Å². The maximum absolute atomic E-state index is 5.84. The van der Waals surface area contributed by atoms with Crippen LogP contribution in [-0.4, -0.2) is 7.11 Å². The number of ether oxygens (including phenoxy) is 1. The monoisotopic (exact) mass is 458 g/mol. The molecule has 0 amide bonds. The van der Waals surface area contributed by atoms with Crippen LogP contribution in [-0.2, 0) is 0 Å². The summed E-state index contributed by atoms with van der Waals surface area (Å²) in [6.07, 6.45) is 11.6. The minimum absolute atomic E-state index is 0.733. The van der Waals surface area contributed by atoms with Crippen molar-refractivity contribution in [2.75, 3.05) is 7.11 Å². The fourth-order valence-corrected chi connectivity index (χ4v) is 4.44. The molecule has 0 N–H and O–H groups in total. The van der Waals surface area contributed by atoms with Crippen LogP contribution in [0.15, 0.2) is 103 Å². The van der Waals surface area contributed by atoms with Gasteiger partial charge in [-0.2, -0.15) is 0 Å². The maximum Gasteiger partial charge on any atom is 0.120 e. The van der Waals surface area contributed by atoms with Crippen molar-refractivity contribution < 1.29 is 4.74 Å². The number of fused-ring (bicyclic) bond motifs is 1. The van der Waals surface area contributed by atoms with Crippen molar-refractivity contribution in [2.24, 2.45) is 0 Å². The first-order chi connectivity index (χ1) is 17.7. The molecular formula is C35H22O. The molecule has 0 aliphatic rings. The smallest absolute Gasteiger partial charge is 0.120 e. The first kappa shape index (κ1) is 22.6. The predicted molar refractivity (Wildman–Crippen MR) is 150 cm³/mol. The van der Waals surface area contributed by atoms with Gasteiger partial charge in [-0.3, -0.25) is 0 Å². The van der Waals surface area contributed by atoms with E-state index in [9.17, 15) is 0 Å². The molecule has 1 heteroatoms. The van der Waals surface area contributed by atoms with Crippen molar-refractivity contribution in [3.8, 4) is 64.5 Å². The average Bonchev–Trinajstić information content (AvgIpc) is 2.95. The second-order valence-corrected chi connectivity index (χ2v) is 8.25. The molecule has 0 saturated carbocycles. The quantitative estimate of drug-likeness (QED) is 0.254. The van der Waals surface area contributed by atoms with E-state index in [-0.39, 0.29) is 0 Å². The molecule has 0 atom stereocenters. The minimum atomic E-state index is 0.733. The molecule has 0 radical (unpaired) electrons. The van der Waals surface area contributed by atoms with Crippen LogP contribution in [0, 0.1) is 36.5 Å². The van der Waals surface area contributed by atoms with E-state index in [1.54, 1.807) is 7.11 Å². The highest BCUT2D eigenvalue weighted by Crippen LogP contribution is 2.33. The zero-order valence-corrected chi connectivity index (χ0v) is 19.9. The molecule has 0 aliphatic heterocycles. The molecule has 5 aromatic carbocycles. The molecule has 5 rings (SSSR count). The fraction of sp³-hybridized carbons (Fsp3) is 0.0286. The van der Waals surface area contributed by atoms with Crippen LogP contribution in [0.5, 0.6) is 5.75 Å². The van der Waals surface area contributed by atoms with E-state index in [4.69, 9.17) is 17.6 Å². The normalized spacial score (nSPS) is 10.1. The van der Waals surface area contributed by atoms with Gasteiger partial charge in [0.15, 0.2) is 0 Å². The second-order valence-electron chi connectivity index (χ2n) is 8.25. The van der Waals surface area contributed by atoms with Crippen molar-refractivity contribution in [1.82, 2.24) is 0 Å². The first-order valence-electron chi connectivity index (χ1n) is 11.6. The maximum atomic E-state index is 5.84. The first-order valence-corrected chi connectivity index (χ1v) is 11.6. The Bertz CT molecular complexity index is 1750. The van der Waals surface area contributed by atoms with Crippen molar-refractivity contribution in [2.45, 2.75) is 0 Å². The Hall–Kier alpha value is -5.16. The summed E-state index contributed by atoms with van der Waals surface area (Å²) < 4.78 is 5.52. The van der Waals surface area contributed by atoms with Gasteiger partial charge in [0.2, 0.25) is 0 Å². The summed E-state index contributed by atoms with van der Waals surface area (Å²) in [6.45, 7) is 0. The Morgan fingerprint density at radius 3 is 1.83 bits per heavy atom. The summed E-state index contributed by atoms with van der Waals surface area (Å²) in [6, 6.07) is 34.2. The molecule has 1 nitrogen and oxygen atoms in total.